The van der Waals surface area contributed by atoms with E-state index in [9.17, 15) is 9.90 Å². The van der Waals surface area contributed by atoms with E-state index in [4.69, 9.17) is 5.73 Å². The molecular formula is C17H20N4O2. The SMILES string of the molecule is Nc1nccnc1C(=O)N1CCCC1CC(O)c1ccccc1. The van der Waals surface area contributed by atoms with Gasteiger partial charge in [-0.1, -0.05) is 30.3 Å². The van der Waals surface area contributed by atoms with E-state index < -0.39 is 6.10 Å². The van der Waals surface area contributed by atoms with Gasteiger partial charge in [0.15, 0.2) is 11.5 Å². The first-order valence-corrected chi connectivity index (χ1v) is 7.77. The lowest BCUT2D eigenvalue weighted by molar-refractivity contribution is 0.0662. The normalized spacial score (nSPS) is 18.8. The summed E-state index contributed by atoms with van der Waals surface area (Å²) in [6.45, 7) is 0.654. The van der Waals surface area contributed by atoms with Crippen molar-refractivity contribution in [2.24, 2.45) is 0 Å². The Hall–Kier alpha value is -2.47. The van der Waals surface area contributed by atoms with Gasteiger partial charge in [-0.3, -0.25) is 4.79 Å². The van der Waals surface area contributed by atoms with Crippen molar-refractivity contribution in [2.75, 3.05) is 12.3 Å². The van der Waals surface area contributed by atoms with Crippen LogP contribution >= 0.6 is 0 Å². The van der Waals surface area contributed by atoms with Gasteiger partial charge in [0.2, 0.25) is 0 Å². The average molecular weight is 312 g/mol. The van der Waals surface area contributed by atoms with E-state index in [1.807, 2.05) is 30.3 Å². The number of carbonyl (C=O) groups is 1. The minimum Gasteiger partial charge on any atom is -0.388 e. The maximum atomic E-state index is 12.7. The lowest BCUT2D eigenvalue weighted by Gasteiger charge is -2.26. The highest BCUT2D eigenvalue weighted by molar-refractivity contribution is 5.96. The van der Waals surface area contributed by atoms with Crippen LogP contribution in [0.2, 0.25) is 0 Å². The molecule has 0 aliphatic carbocycles. The quantitative estimate of drug-likeness (QED) is 0.898. The number of anilines is 1. The zero-order valence-corrected chi connectivity index (χ0v) is 12.8. The molecule has 1 aromatic carbocycles. The average Bonchev–Trinajstić information content (AvgIpc) is 3.03. The number of hydrogen-bond acceptors (Lipinski definition) is 5. The highest BCUT2D eigenvalue weighted by Gasteiger charge is 2.32. The highest BCUT2D eigenvalue weighted by Crippen LogP contribution is 2.28. The standard InChI is InChI=1S/C17H20N4O2/c18-16-15(19-8-9-20-16)17(23)21-10-4-7-13(21)11-14(22)12-5-2-1-3-6-12/h1-3,5-6,8-9,13-14,22H,4,7,10-11H2,(H2,18,20). The Morgan fingerprint density at radius 2 is 2.04 bits per heavy atom. The number of amides is 1. The monoisotopic (exact) mass is 312 g/mol. The van der Waals surface area contributed by atoms with Crippen LogP contribution in [-0.2, 0) is 0 Å². The Balaban J connectivity index is 1.73. The minimum atomic E-state index is -0.589. The number of benzene rings is 1. The topological polar surface area (TPSA) is 92.3 Å². The molecule has 23 heavy (non-hydrogen) atoms. The Morgan fingerprint density at radius 1 is 1.30 bits per heavy atom. The van der Waals surface area contributed by atoms with Crippen LogP contribution in [0.25, 0.3) is 0 Å². The van der Waals surface area contributed by atoms with Gasteiger partial charge < -0.3 is 15.7 Å². The fourth-order valence-corrected chi connectivity index (χ4v) is 3.07. The van der Waals surface area contributed by atoms with Crippen molar-refractivity contribution in [1.82, 2.24) is 14.9 Å². The zero-order chi connectivity index (χ0) is 16.2. The van der Waals surface area contributed by atoms with Gasteiger partial charge in [0.05, 0.1) is 6.10 Å². The van der Waals surface area contributed by atoms with Crippen LogP contribution in [-0.4, -0.2) is 38.5 Å². The predicted octanol–water partition coefficient (Wildman–Crippen LogP) is 1.79. The molecule has 2 heterocycles. The van der Waals surface area contributed by atoms with Gasteiger partial charge in [-0.15, -0.1) is 0 Å². The lowest BCUT2D eigenvalue weighted by atomic mass is 10.0. The molecule has 0 saturated carbocycles. The second kappa shape index (κ2) is 6.75. The molecule has 3 N–H and O–H groups in total. The first-order valence-electron chi connectivity index (χ1n) is 7.77. The minimum absolute atomic E-state index is 0.0147. The molecule has 1 aliphatic heterocycles. The highest BCUT2D eigenvalue weighted by atomic mass is 16.3. The second-order valence-corrected chi connectivity index (χ2v) is 5.75. The molecule has 2 atom stereocenters. The largest absolute Gasteiger partial charge is 0.388 e. The Labute approximate surface area is 135 Å². The van der Waals surface area contributed by atoms with Crippen LogP contribution in [0.5, 0.6) is 0 Å². The molecule has 1 amide bonds. The number of carbonyl (C=O) groups excluding carboxylic acids is 1. The molecule has 2 aromatic rings. The molecule has 120 valence electrons. The van der Waals surface area contributed by atoms with Crippen molar-refractivity contribution in [3.63, 3.8) is 0 Å². The second-order valence-electron chi connectivity index (χ2n) is 5.75. The maximum Gasteiger partial charge on any atom is 0.276 e. The third-order valence-corrected chi connectivity index (χ3v) is 4.25. The predicted molar refractivity (Wildman–Crippen MR) is 86.5 cm³/mol. The summed E-state index contributed by atoms with van der Waals surface area (Å²) in [6.07, 6.45) is 4.64. The van der Waals surface area contributed by atoms with Crippen molar-refractivity contribution in [2.45, 2.75) is 31.4 Å². The number of rotatable bonds is 4. The van der Waals surface area contributed by atoms with Crippen molar-refractivity contribution in [1.29, 1.82) is 0 Å². The van der Waals surface area contributed by atoms with E-state index in [2.05, 4.69) is 9.97 Å². The molecule has 6 nitrogen and oxygen atoms in total. The molecule has 0 radical (unpaired) electrons. The van der Waals surface area contributed by atoms with Gasteiger partial charge >= 0.3 is 0 Å². The molecule has 1 saturated heterocycles. The molecule has 0 bridgehead atoms. The van der Waals surface area contributed by atoms with Crippen molar-refractivity contribution in [3.8, 4) is 0 Å². The molecule has 0 spiro atoms. The van der Waals surface area contributed by atoms with Gasteiger partial charge in [0, 0.05) is 25.0 Å². The Morgan fingerprint density at radius 3 is 2.78 bits per heavy atom. The zero-order valence-electron chi connectivity index (χ0n) is 12.8. The van der Waals surface area contributed by atoms with Crippen molar-refractivity contribution in [3.05, 3.63) is 54.0 Å². The summed E-state index contributed by atoms with van der Waals surface area (Å²) >= 11 is 0. The molecule has 6 heteroatoms. The molecular weight excluding hydrogens is 292 g/mol. The Bertz CT molecular complexity index is 677. The van der Waals surface area contributed by atoms with Crippen LogP contribution in [0.15, 0.2) is 42.7 Å². The molecule has 1 aliphatic rings. The number of likely N-dealkylation sites (tertiary alicyclic amines) is 1. The number of aliphatic hydroxyl groups is 1. The fraction of sp³-hybridized carbons (Fsp3) is 0.353. The van der Waals surface area contributed by atoms with Gasteiger partial charge in [-0.2, -0.15) is 0 Å². The number of aliphatic hydroxyl groups excluding tert-OH is 1. The maximum absolute atomic E-state index is 12.7. The van der Waals surface area contributed by atoms with Crippen molar-refractivity contribution >= 4 is 11.7 Å². The van der Waals surface area contributed by atoms with E-state index in [-0.39, 0.29) is 23.5 Å². The van der Waals surface area contributed by atoms with E-state index in [0.717, 1.165) is 18.4 Å². The first-order chi connectivity index (χ1) is 11.2. The van der Waals surface area contributed by atoms with Gasteiger partial charge in [-0.25, -0.2) is 9.97 Å². The van der Waals surface area contributed by atoms with Crippen LogP contribution < -0.4 is 5.73 Å². The number of nitrogens with two attached hydrogens (primary N) is 1. The molecule has 3 rings (SSSR count). The van der Waals surface area contributed by atoms with Crippen LogP contribution in [0.3, 0.4) is 0 Å². The number of nitrogens with zero attached hydrogens (tertiary/aromatic N) is 3. The number of nitrogen functional groups attached to an aromatic ring is 1. The fourth-order valence-electron chi connectivity index (χ4n) is 3.07. The van der Waals surface area contributed by atoms with Crippen molar-refractivity contribution < 1.29 is 9.90 Å². The molecule has 1 fully saturated rings. The number of hydrogen-bond donors (Lipinski definition) is 2. The summed E-state index contributed by atoms with van der Waals surface area (Å²) < 4.78 is 0. The summed E-state index contributed by atoms with van der Waals surface area (Å²) in [5, 5.41) is 10.4. The van der Waals surface area contributed by atoms with E-state index in [0.29, 0.717) is 13.0 Å². The summed E-state index contributed by atoms with van der Waals surface area (Å²) in [5.74, 6) is -0.0647. The summed E-state index contributed by atoms with van der Waals surface area (Å²) in [7, 11) is 0. The Kier molecular flexibility index (Phi) is 4.52. The van der Waals surface area contributed by atoms with Gasteiger partial charge in [0.25, 0.3) is 5.91 Å². The van der Waals surface area contributed by atoms with Crippen LogP contribution in [0.4, 0.5) is 5.82 Å². The third kappa shape index (κ3) is 3.32. The summed E-state index contributed by atoms with van der Waals surface area (Å²) in [5.41, 5.74) is 6.81. The smallest absolute Gasteiger partial charge is 0.276 e. The lowest BCUT2D eigenvalue weighted by Crippen LogP contribution is -2.37. The van der Waals surface area contributed by atoms with E-state index in [1.54, 1.807) is 4.90 Å². The van der Waals surface area contributed by atoms with Crippen LogP contribution in [0.1, 0.15) is 41.4 Å². The van der Waals surface area contributed by atoms with Gasteiger partial charge in [0.1, 0.15) is 0 Å². The first kappa shape index (κ1) is 15.4. The third-order valence-electron chi connectivity index (χ3n) is 4.25. The summed E-state index contributed by atoms with van der Waals surface area (Å²) in [6, 6.07) is 9.49. The van der Waals surface area contributed by atoms with Crippen LogP contribution in [0, 0.1) is 0 Å². The van der Waals surface area contributed by atoms with E-state index >= 15 is 0 Å². The molecule has 2 unspecified atom stereocenters. The number of aromatic nitrogens is 2. The summed E-state index contributed by atoms with van der Waals surface area (Å²) in [4.78, 5) is 22.4. The van der Waals surface area contributed by atoms with Gasteiger partial charge in [-0.05, 0) is 24.8 Å². The van der Waals surface area contributed by atoms with E-state index in [1.165, 1.54) is 12.4 Å². The molecule has 1 aromatic heterocycles.